The molecule has 0 saturated carbocycles. The monoisotopic (exact) mass is 220 g/mol. The Bertz CT molecular complexity index is 344. The van der Waals surface area contributed by atoms with Crippen molar-refractivity contribution in [1.29, 1.82) is 0 Å². The van der Waals surface area contributed by atoms with Crippen LogP contribution in [0.5, 0.6) is 5.75 Å². The number of carbonyl (C=O) groups is 1. The van der Waals surface area contributed by atoms with E-state index < -0.39 is 0 Å². The molecule has 0 aliphatic rings. The van der Waals surface area contributed by atoms with Gasteiger partial charge < -0.3 is 4.74 Å². The molecule has 0 amide bonds. The molecule has 0 aliphatic carbocycles. The molecule has 0 radical (unpaired) electrons. The van der Waals surface area contributed by atoms with Crippen LogP contribution < -0.4 is 4.74 Å². The summed E-state index contributed by atoms with van der Waals surface area (Å²) in [5.41, 5.74) is 1.42. The number of ether oxygens (including phenoxy) is 1. The molecule has 0 unspecified atom stereocenters. The Morgan fingerprint density at radius 3 is 2.19 bits per heavy atom. The lowest BCUT2D eigenvalue weighted by molar-refractivity contribution is -0.120. The first-order valence-corrected chi connectivity index (χ1v) is 5.68. The van der Waals surface area contributed by atoms with Gasteiger partial charge >= 0.3 is 0 Å². The van der Waals surface area contributed by atoms with Gasteiger partial charge in [-0.1, -0.05) is 39.8 Å². The van der Waals surface area contributed by atoms with Crippen molar-refractivity contribution in [2.24, 2.45) is 0 Å². The molecule has 2 nitrogen and oxygen atoms in total. The van der Waals surface area contributed by atoms with Crippen molar-refractivity contribution in [3.63, 3.8) is 0 Å². The minimum absolute atomic E-state index is 0.125. The van der Waals surface area contributed by atoms with E-state index in [2.05, 4.69) is 20.8 Å². The van der Waals surface area contributed by atoms with E-state index in [-0.39, 0.29) is 17.8 Å². The molecule has 0 heterocycles. The minimum Gasteiger partial charge on any atom is -0.486 e. The molecule has 0 aliphatic heterocycles. The van der Waals surface area contributed by atoms with Gasteiger partial charge in [-0.3, -0.25) is 4.79 Å². The van der Waals surface area contributed by atoms with Gasteiger partial charge in [-0.05, 0) is 23.1 Å². The van der Waals surface area contributed by atoms with Crippen molar-refractivity contribution in [1.82, 2.24) is 0 Å². The van der Waals surface area contributed by atoms with Crippen molar-refractivity contribution in [3.05, 3.63) is 29.8 Å². The topological polar surface area (TPSA) is 26.3 Å². The Balaban J connectivity index is 2.62. The standard InChI is InChI=1S/C14H20O2/c1-5-12(15)10-16-13-8-6-11(7-9-13)14(2,3)4/h6-9H,5,10H2,1-4H3. The fourth-order valence-electron chi connectivity index (χ4n) is 1.32. The fourth-order valence-corrected chi connectivity index (χ4v) is 1.32. The zero-order valence-corrected chi connectivity index (χ0v) is 10.5. The van der Waals surface area contributed by atoms with E-state index in [9.17, 15) is 4.79 Å². The highest BCUT2D eigenvalue weighted by Crippen LogP contribution is 2.24. The number of ketones is 1. The van der Waals surface area contributed by atoms with Gasteiger partial charge in [0.15, 0.2) is 5.78 Å². The molecule has 2 heteroatoms. The Hall–Kier alpha value is -1.31. The predicted molar refractivity (Wildman–Crippen MR) is 65.9 cm³/mol. The molecule has 1 aromatic rings. The zero-order chi connectivity index (χ0) is 12.2. The number of benzene rings is 1. The number of hydrogen-bond acceptors (Lipinski definition) is 2. The molecule has 0 N–H and O–H groups in total. The number of rotatable bonds is 4. The van der Waals surface area contributed by atoms with Crippen LogP contribution in [0.3, 0.4) is 0 Å². The molecular weight excluding hydrogens is 200 g/mol. The zero-order valence-electron chi connectivity index (χ0n) is 10.5. The second-order valence-corrected chi connectivity index (χ2v) is 4.96. The van der Waals surface area contributed by atoms with E-state index in [0.29, 0.717) is 6.42 Å². The van der Waals surface area contributed by atoms with Gasteiger partial charge in [-0.15, -0.1) is 0 Å². The van der Waals surface area contributed by atoms with E-state index >= 15 is 0 Å². The maximum absolute atomic E-state index is 11.1. The summed E-state index contributed by atoms with van der Waals surface area (Å²) in [6.45, 7) is 8.52. The third kappa shape index (κ3) is 3.69. The summed E-state index contributed by atoms with van der Waals surface area (Å²) in [7, 11) is 0. The summed E-state index contributed by atoms with van der Waals surface area (Å²) in [5, 5.41) is 0. The van der Waals surface area contributed by atoms with Crippen LogP contribution in [0.15, 0.2) is 24.3 Å². The maximum Gasteiger partial charge on any atom is 0.169 e. The van der Waals surface area contributed by atoms with Gasteiger partial charge in [0, 0.05) is 6.42 Å². The summed E-state index contributed by atoms with van der Waals surface area (Å²) >= 11 is 0. The van der Waals surface area contributed by atoms with Crippen LogP contribution >= 0.6 is 0 Å². The van der Waals surface area contributed by atoms with Gasteiger partial charge in [0.2, 0.25) is 0 Å². The Kier molecular flexibility index (Phi) is 4.11. The smallest absolute Gasteiger partial charge is 0.169 e. The average Bonchev–Trinajstić information content (AvgIpc) is 2.25. The van der Waals surface area contributed by atoms with Crippen LogP contribution in [0.1, 0.15) is 39.7 Å². The molecule has 0 saturated heterocycles. The predicted octanol–water partition coefficient (Wildman–Crippen LogP) is 3.34. The van der Waals surface area contributed by atoms with Crippen LogP contribution in [-0.2, 0) is 10.2 Å². The quantitative estimate of drug-likeness (QED) is 0.778. The van der Waals surface area contributed by atoms with Crippen LogP contribution in [0.2, 0.25) is 0 Å². The van der Waals surface area contributed by atoms with Crippen molar-refractivity contribution in [2.45, 2.75) is 39.5 Å². The molecule has 0 spiro atoms. The van der Waals surface area contributed by atoms with E-state index in [1.165, 1.54) is 5.56 Å². The molecule has 0 atom stereocenters. The first-order chi connectivity index (χ1) is 7.43. The molecule has 88 valence electrons. The van der Waals surface area contributed by atoms with Crippen LogP contribution in [0, 0.1) is 0 Å². The number of carbonyl (C=O) groups excluding carboxylic acids is 1. The molecule has 0 bridgehead atoms. The van der Waals surface area contributed by atoms with Crippen LogP contribution in [0.25, 0.3) is 0 Å². The van der Waals surface area contributed by atoms with E-state index in [4.69, 9.17) is 4.74 Å². The third-order valence-corrected chi connectivity index (χ3v) is 2.51. The van der Waals surface area contributed by atoms with Crippen molar-refractivity contribution in [2.75, 3.05) is 6.61 Å². The van der Waals surface area contributed by atoms with Gasteiger partial charge in [0.05, 0.1) is 0 Å². The lowest BCUT2D eigenvalue weighted by Crippen LogP contribution is -2.12. The van der Waals surface area contributed by atoms with E-state index in [0.717, 1.165) is 5.75 Å². The molecule has 0 fully saturated rings. The lowest BCUT2D eigenvalue weighted by Gasteiger charge is -2.19. The van der Waals surface area contributed by atoms with Gasteiger partial charge in [-0.25, -0.2) is 0 Å². The highest BCUT2D eigenvalue weighted by molar-refractivity contribution is 5.79. The first-order valence-electron chi connectivity index (χ1n) is 5.68. The lowest BCUT2D eigenvalue weighted by atomic mass is 9.87. The fraction of sp³-hybridized carbons (Fsp3) is 0.500. The van der Waals surface area contributed by atoms with Gasteiger partial charge in [0.25, 0.3) is 0 Å². The molecule has 1 rings (SSSR count). The summed E-state index contributed by atoms with van der Waals surface area (Å²) in [5.74, 6) is 0.884. The Morgan fingerprint density at radius 1 is 1.19 bits per heavy atom. The van der Waals surface area contributed by atoms with Gasteiger partial charge in [0.1, 0.15) is 12.4 Å². The van der Waals surface area contributed by atoms with Crippen LogP contribution in [0.4, 0.5) is 0 Å². The van der Waals surface area contributed by atoms with Gasteiger partial charge in [-0.2, -0.15) is 0 Å². The summed E-state index contributed by atoms with van der Waals surface area (Å²) in [4.78, 5) is 11.1. The van der Waals surface area contributed by atoms with Crippen LogP contribution in [-0.4, -0.2) is 12.4 Å². The van der Waals surface area contributed by atoms with Crippen molar-refractivity contribution >= 4 is 5.78 Å². The molecule has 1 aromatic carbocycles. The highest BCUT2D eigenvalue weighted by Gasteiger charge is 2.12. The maximum atomic E-state index is 11.1. The van der Waals surface area contributed by atoms with E-state index in [1.807, 2.05) is 31.2 Å². The summed E-state index contributed by atoms with van der Waals surface area (Å²) in [6.07, 6.45) is 0.528. The highest BCUT2D eigenvalue weighted by atomic mass is 16.5. The normalized spacial score (nSPS) is 11.2. The largest absolute Gasteiger partial charge is 0.486 e. The first kappa shape index (κ1) is 12.8. The summed E-state index contributed by atoms with van der Waals surface area (Å²) in [6, 6.07) is 7.94. The Labute approximate surface area is 97.6 Å². The second kappa shape index (κ2) is 5.15. The second-order valence-electron chi connectivity index (χ2n) is 4.96. The molecule has 0 aromatic heterocycles. The third-order valence-electron chi connectivity index (χ3n) is 2.51. The van der Waals surface area contributed by atoms with E-state index in [1.54, 1.807) is 0 Å². The average molecular weight is 220 g/mol. The summed E-state index contributed by atoms with van der Waals surface area (Å²) < 4.78 is 5.38. The Morgan fingerprint density at radius 2 is 1.75 bits per heavy atom. The number of hydrogen-bond donors (Lipinski definition) is 0. The minimum atomic E-state index is 0.125. The molecule has 16 heavy (non-hydrogen) atoms. The molecular formula is C14H20O2. The van der Waals surface area contributed by atoms with Crippen molar-refractivity contribution in [3.8, 4) is 5.75 Å². The number of Topliss-reactive ketones (excluding diaryl/α,β-unsaturated/α-hetero) is 1. The SMILES string of the molecule is CCC(=O)COc1ccc(C(C)(C)C)cc1. The van der Waals surface area contributed by atoms with Crippen molar-refractivity contribution < 1.29 is 9.53 Å².